The van der Waals surface area contributed by atoms with Gasteiger partial charge in [-0.15, -0.1) is 0 Å². The Hall–Kier alpha value is -2.66. The normalized spacial score (nSPS) is 11.8. The SMILES string of the molecule is O=c1[nH]c2cc(Cl)ccc2nc1/C=C(\O)c1ccccn1. The van der Waals surface area contributed by atoms with Gasteiger partial charge in [0.25, 0.3) is 5.56 Å². The molecule has 21 heavy (non-hydrogen) atoms. The fourth-order valence-electron chi connectivity index (χ4n) is 1.89. The molecule has 0 saturated heterocycles. The zero-order valence-corrected chi connectivity index (χ0v) is 11.5. The summed E-state index contributed by atoms with van der Waals surface area (Å²) in [5, 5.41) is 10.5. The largest absolute Gasteiger partial charge is 0.506 e. The van der Waals surface area contributed by atoms with Gasteiger partial charge < -0.3 is 10.1 Å². The minimum Gasteiger partial charge on any atom is -0.506 e. The number of benzene rings is 1. The van der Waals surface area contributed by atoms with Crippen molar-refractivity contribution >= 4 is 34.5 Å². The van der Waals surface area contributed by atoms with Crippen molar-refractivity contribution in [2.75, 3.05) is 0 Å². The predicted molar refractivity (Wildman–Crippen MR) is 82.1 cm³/mol. The molecule has 1 aromatic carbocycles. The van der Waals surface area contributed by atoms with Crippen LogP contribution in [0.2, 0.25) is 5.02 Å². The number of fused-ring (bicyclic) bond motifs is 1. The Morgan fingerprint density at radius 3 is 2.90 bits per heavy atom. The number of aromatic amines is 1. The van der Waals surface area contributed by atoms with Gasteiger partial charge in [-0.1, -0.05) is 17.7 Å². The quantitative estimate of drug-likeness (QED) is 0.713. The minimum atomic E-state index is -0.410. The molecule has 6 heteroatoms. The van der Waals surface area contributed by atoms with Crippen LogP contribution < -0.4 is 5.56 Å². The third kappa shape index (κ3) is 2.78. The highest BCUT2D eigenvalue weighted by Gasteiger charge is 2.06. The van der Waals surface area contributed by atoms with Gasteiger partial charge in [-0.05, 0) is 30.3 Å². The van der Waals surface area contributed by atoms with Crippen LogP contribution in [0, 0.1) is 0 Å². The third-order valence-electron chi connectivity index (χ3n) is 2.88. The van der Waals surface area contributed by atoms with Gasteiger partial charge in [0, 0.05) is 17.3 Å². The molecule has 0 saturated carbocycles. The van der Waals surface area contributed by atoms with Gasteiger partial charge in [-0.3, -0.25) is 9.78 Å². The molecule has 0 fully saturated rings. The summed E-state index contributed by atoms with van der Waals surface area (Å²) < 4.78 is 0. The molecule has 104 valence electrons. The van der Waals surface area contributed by atoms with Crippen LogP contribution in [0.1, 0.15) is 11.4 Å². The molecule has 0 atom stereocenters. The van der Waals surface area contributed by atoms with Crippen LogP contribution in [-0.4, -0.2) is 20.1 Å². The molecule has 5 nitrogen and oxygen atoms in total. The Morgan fingerprint density at radius 2 is 2.14 bits per heavy atom. The van der Waals surface area contributed by atoms with Crippen LogP contribution in [-0.2, 0) is 0 Å². The molecular formula is C15H10ClN3O2. The lowest BCUT2D eigenvalue weighted by Crippen LogP contribution is -2.12. The Balaban J connectivity index is 2.11. The van der Waals surface area contributed by atoms with Gasteiger partial charge in [0.2, 0.25) is 0 Å². The first-order chi connectivity index (χ1) is 10.1. The highest BCUT2D eigenvalue weighted by atomic mass is 35.5. The number of hydrogen-bond acceptors (Lipinski definition) is 4. The molecule has 2 aromatic heterocycles. The van der Waals surface area contributed by atoms with E-state index in [9.17, 15) is 9.90 Å². The maximum Gasteiger partial charge on any atom is 0.274 e. The first-order valence-corrected chi connectivity index (χ1v) is 6.53. The van der Waals surface area contributed by atoms with E-state index in [1.807, 2.05) is 0 Å². The van der Waals surface area contributed by atoms with E-state index in [0.717, 1.165) is 0 Å². The lowest BCUT2D eigenvalue weighted by atomic mass is 10.2. The van der Waals surface area contributed by atoms with E-state index in [4.69, 9.17) is 11.6 Å². The van der Waals surface area contributed by atoms with E-state index in [-0.39, 0.29) is 11.5 Å². The second-order valence-electron chi connectivity index (χ2n) is 4.36. The van der Waals surface area contributed by atoms with Crippen LogP contribution >= 0.6 is 11.6 Å². The Kier molecular flexibility index (Phi) is 3.41. The molecule has 3 rings (SSSR count). The van der Waals surface area contributed by atoms with Gasteiger partial charge in [0.05, 0.1) is 11.0 Å². The number of aromatic nitrogens is 3. The first kappa shape index (κ1) is 13.3. The third-order valence-corrected chi connectivity index (χ3v) is 3.12. The average molecular weight is 300 g/mol. The van der Waals surface area contributed by atoms with E-state index in [2.05, 4.69) is 15.0 Å². The van der Waals surface area contributed by atoms with Gasteiger partial charge in [-0.25, -0.2) is 4.98 Å². The average Bonchev–Trinajstić information content (AvgIpc) is 2.49. The standard InChI is InChI=1S/C15H10ClN3O2/c16-9-4-5-10-12(7-9)19-15(21)13(18-10)8-14(20)11-3-1-2-6-17-11/h1-8,20H,(H,19,21)/b14-8-. The monoisotopic (exact) mass is 299 g/mol. The summed E-state index contributed by atoms with van der Waals surface area (Å²) in [7, 11) is 0. The van der Waals surface area contributed by atoms with Crippen LogP contribution in [0.3, 0.4) is 0 Å². The number of nitrogens with zero attached hydrogens (tertiary/aromatic N) is 2. The molecule has 2 heterocycles. The van der Waals surface area contributed by atoms with Crippen LogP contribution in [0.25, 0.3) is 22.9 Å². The summed E-state index contributed by atoms with van der Waals surface area (Å²) in [6.07, 6.45) is 2.84. The van der Waals surface area contributed by atoms with Gasteiger partial charge in [0.15, 0.2) is 0 Å². The highest BCUT2D eigenvalue weighted by molar-refractivity contribution is 6.31. The van der Waals surface area contributed by atoms with Crippen molar-refractivity contribution < 1.29 is 5.11 Å². The van der Waals surface area contributed by atoms with E-state index >= 15 is 0 Å². The van der Waals surface area contributed by atoms with Crippen LogP contribution in [0.4, 0.5) is 0 Å². The maximum absolute atomic E-state index is 12.0. The summed E-state index contributed by atoms with van der Waals surface area (Å²) in [4.78, 5) is 22.9. The van der Waals surface area contributed by atoms with Gasteiger partial charge >= 0.3 is 0 Å². The fourth-order valence-corrected chi connectivity index (χ4v) is 2.06. The highest BCUT2D eigenvalue weighted by Crippen LogP contribution is 2.16. The number of rotatable bonds is 2. The molecule has 0 bridgehead atoms. The molecule has 0 aliphatic carbocycles. The molecule has 0 radical (unpaired) electrons. The van der Waals surface area contributed by atoms with Crippen molar-refractivity contribution in [3.8, 4) is 0 Å². The van der Waals surface area contributed by atoms with E-state index in [1.54, 1.807) is 42.6 Å². The molecule has 0 spiro atoms. The predicted octanol–water partition coefficient (Wildman–Crippen LogP) is 3.03. The molecule has 2 N–H and O–H groups in total. The molecular weight excluding hydrogens is 290 g/mol. The lowest BCUT2D eigenvalue weighted by Gasteiger charge is -2.01. The molecule has 0 aliphatic rings. The second kappa shape index (κ2) is 5.38. The van der Waals surface area contributed by atoms with Crippen molar-refractivity contribution in [1.82, 2.24) is 15.0 Å². The number of pyridine rings is 1. The van der Waals surface area contributed by atoms with Crippen molar-refractivity contribution in [2.45, 2.75) is 0 Å². The minimum absolute atomic E-state index is 0.105. The number of halogens is 1. The second-order valence-corrected chi connectivity index (χ2v) is 4.79. The van der Waals surface area contributed by atoms with E-state index in [1.165, 1.54) is 6.08 Å². The van der Waals surface area contributed by atoms with E-state index in [0.29, 0.717) is 21.7 Å². The number of hydrogen-bond donors (Lipinski definition) is 2. The molecule has 0 amide bonds. The van der Waals surface area contributed by atoms with Gasteiger partial charge in [-0.2, -0.15) is 0 Å². The lowest BCUT2D eigenvalue weighted by molar-refractivity contribution is 0.512. The topological polar surface area (TPSA) is 78.9 Å². The summed E-state index contributed by atoms with van der Waals surface area (Å²) >= 11 is 5.87. The first-order valence-electron chi connectivity index (χ1n) is 6.15. The van der Waals surface area contributed by atoms with Crippen molar-refractivity contribution in [3.05, 3.63) is 69.4 Å². The maximum atomic E-state index is 12.0. The van der Waals surface area contributed by atoms with Crippen LogP contribution in [0.5, 0.6) is 0 Å². The molecule has 3 aromatic rings. The van der Waals surface area contributed by atoms with Crippen molar-refractivity contribution in [1.29, 1.82) is 0 Å². The smallest absolute Gasteiger partial charge is 0.274 e. The Bertz CT molecular complexity index is 888. The zero-order valence-electron chi connectivity index (χ0n) is 10.7. The summed E-state index contributed by atoms with van der Waals surface area (Å²) in [5.41, 5.74) is 1.19. The summed E-state index contributed by atoms with van der Waals surface area (Å²) in [6, 6.07) is 10.1. The number of nitrogens with one attached hydrogen (secondary N) is 1. The number of aliphatic hydroxyl groups is 1. The van der Waals surface area contributed by atoms with Crippen LogP contribution in [0.15, 0.2) is 47.4 Å². The Morgan fingerprint density at radius 1 is 1.29 bits per heavy atom. The molecule has 0 aliphatic heterocycles. The Labute approximate surface area is 124 Å². The summed E-state index contributed by atoms with van der Waals surface area (Å²) in [5.74, 6) is -0.123. The number of aliphatic hydroxyl groups excluding tert-OH is 1. The van der Waals surface area contributed by atoms with E-state index < -0.39 is 5.56 Å². The molecule has 0 unspecified atom stereocenters. The number of H-pyrrole nitrogens is 1. The van der Waals surface area contributed by atoms with Crippen molar-refractivity contribution in [2.24, 2.45) is 0 Å². The zero-order chi connectivity index (χ0) is 14.8. The summed E-state index contributed by atoms with van der Waals surface area (Å²) in [6.45, 7) is 0. The fraction of sp³-hybridized carbons (Fsp3) is 0. The van der Waals surface area contributed by atoms with Crippen molar-refractivity contribution in [3.63, 3.8) is 0 Å². The van der Waals surface area contributed by atoms with Gasteiger partial charge in [0.1, 0.15) is 17.1 Å².